The molecule has 3 unspecified atom stereocenters. The Kier molecular flexibility index (Phi) is 3.38. The van der Waals surface area contributed by atoms with Gasteiger partial charge in [-0.3, -0.25) is 9.59 Å². The van der Waals surface area contributed by atoms with Crippen LogP contribution in [0.25, 0.3) is 0 Å². The van der Waals surface area contributed by atoms with Crippen LogP contribution in [0.1, 0.15) is 44.9 Å². The van der Waals surface area contributed by atoms with Gasteiger partial charge in [0.05, 0.1) is 18.1 Å². The van der Waals surface area contributed by atoms with Crippen molar-refractivity contribution >= 4 is 11.9 Å². The molecule has 2 N–H and O–H groups in total. The number of hydrogen-bond acceptors (Lipinski definition) is 3. The molecule has 1 saturated heterocycles. The molecule has 1 aliphatic carbocycles. The van der Waals surface area contributed by atoms with E-state index >= 15 is 0 Å². The highest BCUT2D eigenvalue weighted by molar-refractivity contribution is 5.68. The van der Waals surface area contributed by atoms with Crippen LogP contribution in [0.15, 0.2) is 0 Å². The highest BCUT2D eigenvalue weighted by Crippen LogP contribution is 2.54. The number of hydrogen-bond donors (Lipinski definition) is 2. The van der Waals surface area contributed by atoms with E-state index in [0.717, 1.165) is 25.7 Å². The van der Waals surface area contributed by atoms with Gasteiger partial charge in [-0.05, 0) is 19.3 Å². The van der Waals surface area contributed by atoms with E-state index in [4.69, 9.17) is 14.9 Å². The van der Waals surface area contributed by atoms with Crippen molar-refractivity contribution in [3.05, 3.63) is 0 Å². The van der Waals surface area contributed by atoms with Gasteiger partial charge in [0.25, 0.3) is 0 Å². The SMILES string of the molecule is O=C(O)CCC(CC(=O)O)C12CCCCC1O2. The summed E-state index contributed by atoms with van der Waals surface area (Å²) >= 11 is 0. The van der Waals surface area contributed by atoms with Crippen molar-refractivity contribution < 1.29 is 24.5 Å². The average molecular weight is 242 g/mol. The second-order valence-corrected chi connectivity index (χ2v) is 5.03. The lowest BCUT2D eigenvalue weighted by atomic mass is 9.76. The first-order valence-electron chi connectivity index (χ1n) is 6.16. The van der Waals surface area contributed by atoms with Crippen LogP contribution in [0.3, 0.4) is 0 Å². The number of ether oxygens (including phenoxy) is 1. The third-order valence-corrected chi connectivity index (χ3v) is 3.95. The number of carboxylic acid groups (broad SMARTS) is 2. The highest BCUT2D eigenvalue weighted by Gasteiger charge is 2.61. The van der Waals surface area contributed by atoms with E-state index in [1.807, 2.05) is 0 Å². The molecule has 0 aromatic carbocycles. The maximum Gasteiger partial charge on any atom is 0.303 e. The van der Waals surface area contributed by atoms with Gasteiger partial charge in [0.2, 0.25) is 0 Å². The lowest BCUT2D eigenvalue weighted by Gasteiger charge is -2.25. The summed E-state index contributed by atoms with van der Waals surface area (Å²) in [5.74, 6) is -1.89. The monoisotopic (exact) mass is 242 g/mol. The zero-order valence-electron chi connectivity index (χ0n) is 9.72. The molecular formula is C12H18O5. The molecule has 1 heterocycles. The van der Waals surface area contributed by atoms with E-state index < -0.39 is 11.9 Å². The van der Waals surface area contributed by atoms with Crippen LogP contribution in [0.2, 0.25) is 0 Å². The Labute approximate surface area is 99.8 Å². The van der Waals surface area contributed by atoms with Crippen LogP contribution in [-0.2, 0) is 14.3 Å². The fourth-order valence-corrected chi connectivity index (χ4v) is 3.08. The normalized spacial score (nSPS) is 32.6. The fourth-order valence-electron chi connectivity index (χ4n) is 3.08. The number of rotatable bonds is 6. The first kappa shape index (κ1) is 12.4. The third-order valence-electron chi connectivity index (χ3n) is 3.95. The molecule has 1 aliphatic heterocycles. The van der Waals surface area contributed by atoms with Gasteiger partial charge < -0.3 is 14.9 Å². The van der Waals surface area contributed by atoms with Crippen LogP contribution >= 0.6 is 0 Å². The zero-order valence-corrected chi connectivity index (χ0v) is 9.72. The fraction of sp³-hybridized carbons (Fsp3) is 0.833. The molecule has 2 rings (SSSR count). The number of fused-ring (bicyclic) bond motifs is 1. The second-order valence-electron chi connectivity index (χ2n) is 5.03. The van der Waals surface area contributed by atoms with Crippen molar-refractivity contribution in [2.24, 2.45) is 5.92 Å². The van der Waals surface area contributed by atoms with Crippen molar-refractivity contribution in [3.63, 3.8) is 0 Å². The molecule has 1 saturated carbocycles. The topological polar surface area (TPSA) is 87.1 Å². The molecular weight excluding hydrogens is 224 g/mol. The van der Waals surface area contributed by atoms with E-state index in [-0.39, 0.29) is 30.5 Å². The smallest absolute Gasteiger partial charge is 0.303 e. The second kappa shape index (κ2) is 4.64. The molecule has 2 fully saturated rings. The lowest BCUT2D eigenvalue weighted by Crippen LogP contribution is -2.32. The van der Waals surface area contributed by atoms with E-state index in [1.165, 1.54) is 0 Å². The standard InChI is InChI=1S/C12H18O5/c13-10(14)5-4-8(7-11(15)16)12-6-2-1-3-9(12)17-12/h8-9H,1-7H2,(H,13,14)(H,15,16). The Morgan fingerprint density at radius 1 is 1.29 bits per heavy atom. The maximum absolute atomic E-state index is 10.9. The largest absolute Gasteiger partial charge is 0.481 e. The number of epoxide rings is 1. The molecule has 5 heteroatoms. The maximum atomic E-state index is 10.9. The third kappa shape index (κ3) is 2.60. The molecule has 5 nitrogen and oxygen atoms in total. The minimum Gasteiger partial charge on any atom is -0.481 e. The Balaban J connectivity index is 1.99. The summed E-state index contributed by atoms with van der Waals surface area (Å²) in [5.41, 5.74) is -0.313. The summed E-state index contributed by atoms with van der Waals surface area (Å²) in [7, 11) is 0. The molecule has 2 aliphatic rings. The van der Waals surface area contributed by atoms with Gasteiger partial charge in [-0.1, -0.05) is 12.8 Å². The minimum atomic E-state index is -0.871. The van der Waals surface area contributed by atoms with Crippen molar-refractivity contribution in [3.8, 4) is 0 Å². The Hall–Kier alpha value is -1.10. The quantitative estimate of drug-likeness (QED) is 0.691. The van der Waals surface area contributed by atoms with Gasteiger partial charge in [-0.2, -0.15) is 0 Å². The van der Waals surface area contributed by atoms with Crippen molar-refractivity contribution in [1.82, 2.24) is 0 Å². The molecule has 96 valence electrons. The number of carboxylic acids is 2. The molecule has 0 aromatic rings. The van der Waals surface area contributed by atoms with Gasteiger partial charge in [0, 0.05) is 12.3 Å². The van der Waals surface area contributed by atoms with Crippen molar-refractivity contribution in [1.29, 1.82) is 0 Å². The van der Waals surface area contributed by atoms with Crippen molar-refractivity contribution in [2.75, 3.05) is 0 Å². The van der Waals surface area contributed by atoms with Crippen LogP contribution in [0.5, 0.6) is 0 Å². The lowest BCUT2D eigenvalue weighted by molar-refractivity contribution is -0.141. The van der Waals surface area contributed by atoms with Crippen LogP contribution in [0.4, 0.5) is 0 Å². The van der Waals surface area contributed by atoms with E-state index in [9.17, 15) is 9.59 Å². The van der Waals surface area contributed by atoms with Gasteiger partial charge >= 0.3 is 11.9 Å². The van der Waals surface area contributed by atoms with Gasteiger partial charge in [-0.25, -0.2) is 0 Å². The number of carbonyl (C=O) groups is 2. The summed E-state index contributed by atoms with van der Waals surface area (Å²) in [4.78, 5) is 21.5. The summed E-state index contributed by atoms with van der Waals surface area (Å²) in [5, 5.41) is 17.6. The zero-order chi connectivity index (χ0) is 12.5. The van der Waals surface area contributed by atoms with Crippen LogP contribution in [0, 0.1) is 5.92 Å². The minimum absolute atomic E-state index is 0.0176. The van der Waals surface area contributed by atoms with Gasteiger partial charge in [-0.15, -0.1) is 0 Å². The highest BCUT2D eigenvalue weighted by atomic mass is 16.6. The van der Waals surface area contributed by atoms with Gasteiger partial charge in [0.15, 0.2) is 0 Å². The summed E-state index contributed by atoms with van der Waals surface area (Å²) in [6.45, 7) is 0. The Morgan fingerprint density at radius 2 is 2.06 bits per heavy atom. The summed E-state index contributed by atoms with van der Waals surface area (Å²) in [6.07, 6.45) is 4.68. The Bertz CT molecular complexity index is 327. The van der Waals surface area contributed by atoms with Crippen molar-refractivity contribution in [2.45, 2.75) is 56.7 Å². The molecule has 0 aromatic heterocycles. The Morgan fingerprint density at radius 3 is 2.65 bits per heavy atom. The number of aliphatic carboxylic acids is 2. The molecule has 3 atom stereocenters. The van der Waals surface area contributed by atoms with Gasteiger partial charge in [0.1, 0.15) is 0 Å². The summed E-state index contributed by atoms with van der Waals surface area (Å²) < 4.78 is 5.70. The average Bonchev–Trinajstić information content (AvgIpc) is 2.98. The molecule has 0 spiro atoms. The molecule has 0 amide bonds. The predicted octanol–water partition coefficient (Wildman–Crippen LogP) is 1.65. The van der Waals surface area contributed by atoms with Crippen LogP contribution < -0.4 is 0 Å². The van der Waals surface area contributed by atoms with E-state index in [2.05, 4.69) is 0 Å². The van der Waals surface area contributed by atoms with Crippen LogP contribution in [-0.4, -0.2) is 33.9 Å². The van der Waals surface area contributed by atoms with E-state index in [1.54, 1.807) is 0 Å². The molecule has 0 bridgehead atoms. The van der Waals surface area contributed by atoms with E-state index in [0.29, 0.717) is 6.42 Å². The first-order valence-corrected chi connectivity index (χ1v) is 6.16. The summed E-state index contributed by atoms with van der Waals surface area (Å²) in [6, 6.07) is 0. The molecule has 0 radical (unpaired) electrons. The molecule has 17 heavy (non-hydrogen) atoms. The predicted molar refractivity (Wildman–Crippen MR) is 58.7 cm³/mol. The first-order chi connectivity index (χ1) is 8.04.